The van der Waals surface area contributed by atoms with Crippen molar-refractivity contribution in [2.24, 2.45) is 0 Å². The first-order chi connectivity index (χ1) is 20.9. The number of anilines is 3. The molecule has 0 atom stereocenters. The Morgan fingerprint density at radius 2 is 1.11 bits per heavy atom. The average Bonchev–Trinajstić information content (AvgIpc) is 3.76. The molecule has 17 heteroatoms. The van der Waals surface area contributed by atoms with Crippen molar-refractivity contribution in [1.29, 1.82) is 0 Å². The Bertz CT molecular complexity index is 1340. The number of aromatic nitrogens is 3. The van der Waals surface area contributed by atoms with E-state index >= 15 is 0 Å². The van der Waals surface area contributed by atoms with Gasteiger partial charge in [0.15, 0.2) is 26.2 Å². The van der Waals surface area contributed by atoms with E-state index in [1.807, 2.05) is 6.26 Å². The zero-order valence-electron chi connectivity index (χ0n) is 24.9. The number of rotatable bonds is 14. The highest BCUT2D eigenvalue weighted by Gasteiger charge is 2.18. The summed E-state index contributed by atoms with van der Waals surface area (Å²) in [5.41, 5.74) is 0. The minimum absolute atomic E-state index is 0.0594. The topological polar surface area (TPSA) is 194 Å². The van der Waals surface area contributed by atoms with E-state index in [9.17, 15) is 33.6 Å². The van der Waals surface area contributed by atoms with Crippen LogP contribution in [-0.4, -0.2) is 62.1 Å². The third kappa shape index (κ3) is 15.7. The van der Waals surface area contributed by atoms with Gasteiger partial charge in [-0.1, -0.05) is 32.5 Å². The summed E-state index contributed by atoms with van der Waals surface area (Å²) >= 11 is 5.30. The van der Waals surface area contributed by atoms with E-state index < -0.39 is 5.91 Å². The molecule has 3 aromatic heterocycles. The molecule has 0 aromatic carbocycles. The van der Waals surface area contributed by atoms with E-state index in [1.165, 1.54) is 52.7 Å². The van der Waals surface area contributed by atoms with Gasteiger partial charge in [-0.15, -0.1) is 34.0 Å². The van der Waals surface area contributed by atoms with Gasteiger partial charge < -0.3 is 16.0 Å². The van der Waals surface area contributed by atoms with Crippen molar-refractivity contribution in [1.82, 2.24) is 15.0 Å². The lowest BCUT2D eigenvalue weighted by atomic mass is 10.2. The maximum atomic E-state index is 11.6. The third-order valence-electron chi connectivity index (χ3n) is 4.97. The van der Waals surface area contributed by atoms with Gasteiger partial charge in [-0.05, 0) is 6.26 Å². The second-order valence-electron chi connectivity index (χ2n) is 8.44. The number of Topliss-reactive ketones (excluding diaryl/α,β-unsaturated/α-hetero) is 4. The second kappa shape index (κ2) is 21.1. The van der Waals surface area contributed by atoms with Crippen LogP contribution >= 0.6 is 45.8 Å². The highest BCUT2D eigenvalue weighted by atomic mass is 32.2. The van der Waals surface area contributed by atoms with Crippen LogP contribution in [-0.2, 0) is 28.8 Å². The molecule has 0 unspecified atom stereocenters. The molecule has 3 rings (SSSR count). The number of carbonyl (C=O) groups excluding carboxylic acids is 7. The average molecular weight is 683 g/mol. The van der Waals surface area contributed by atoms with E-state index in [0.717, 1.165) is 0 Å². The van der Waals surface area contributed by atoms with Crippen LogP contribution in [0.2, 0.25) is 0 Å². The minimum Gasteiger partial charge on any atom is -0.309 e. The largest absolute Gasteiger partial charge is 0.309 e. The zero-order valence-corrected chi connectivity index (χ0v) is 28.2. The first kappa shape index (κ1) is 38.4. The number of hydrogen-bond acceptors (Lipinski definition) is 14. The standard InChI is InChI=1S/C11H14N2O3S2.2C8H10N2O2S/c1-4-7(15)5-8(16)12-10-9(6(2)14)18-11(13-10)17-3;2*1-2-6(11)5-7(12)10-8-9-3-4-13-8/h4-5H2,1-3H3,(H,12,16);2*3-4H,2,5H2,1H3,(H,9,10,12). The molecule has 0 saturated heterocycles. The van der Waals surface area contributed by atoms with Crippen molar-refractivity contribution in [3.05, 3.63) is 28.0 Å². The van der Waals surface area contributed by atoms with Crippen LogP contribution in [0.15, 0.2) is 27.5 Å². The molecule has 0 spiro atoms. The first-order valence-corrected chi connectivity index (χ1v) is 17.0. The van der Waals surface area contributed by atoms with Gasteiger partial charge in [0.2, 0.25) is 17.7 Å². The Kier molecular flexibility index (Phi) is 18.4. The molecule has 238 valence electrons. The molecule has 0 aliphatic heterocycles. The zero-order chi connectivity index (χ0) is 33.1. The number of nitrogens with zero attached hydrogens (tertiary/aromatic N) is 3. The van der Waals surface area contributed by atoms with Crippen LogP contribution in [0.4, 0.5) is 16.1 Å². The van der Waals surface area contributed by atoms with Gasteiger partial charge in [0.05, 0.1) is 19.3 Å². The second-order valence-corrected chi connectivity index (χ2v) is 12.3. The molecule has 0 radical (unpaired) electrons. The number of thiazole rings is 3. The maximum Gasteiger partial charge on any atom is 0.233 e. The predicted octanol–water partition coefficient (Wildman–Crippen LogP) is 5.28. The highest BCUT2D eigenvalue weighted by Crippen LogP contribution is 2.29. The molecular formula is C27H34N6O7S4. The van der Waals surface area contributed by atoms with Crippen molar-refractivity contribution in [3.8, 4) is 0 Å². The Morgan fingerprint density at radius 1 is 0.705 bits per heavy atom. The van der Waals surface area contributed by atoms with Crippen LogP contribution in [0.3, 0.4) is 0 Å². The number of carbonyl (C=O) groups is 7. The van der Waals surface area contributed by atoms with Crippen molar-refractivity contribution in [2.75, 3.05) is 22.2 Å². The van der Waals surface area contributed by atoms with Gasteiger partial charge in [0.25, 0.3) is 0 Å². The Morgan fingerprint density at radius 3 is 1.43 bits per heavy atom. The molecule has 44 heavy (non-hydrogen) atoms. The summed E-state index contributed by atoms with van der Waals surface area (Å²) in [6.07, 6.45) is 5.85. The van der Waals surface area contributed by atoms with Gasteiger partial charge in [0.1, 0.15) is 22.2 Å². The van der Waals surface area contributed by atoms with Gasteiger partial charge in [0, 0.05) is 49.3 Å². The molecule has 13 nitrogen and oxygen atoms in total. The SMILES string of the molecule is CCC(=O)CC(=O)Nc1nc(SC)sc1C(C)=O.CCC(=O)CC(=O)Nc1nccs1.CCC(=O)CC(=O)Nc1nccs1. The van der Waals surface area contributed by atoms with Crippen LogP contribution in [0.5, 0.6) is 0 Å². The molecule has 0 aliphatic carbocycles. The summed E-state index contributed by atoms with van der Waals surface area (Å²) in [6, 6.07) is 0. The number of thioether (sulfide) groups is 1. The van der Waals surface area contributed by atoms with E-state index in [4.69, 9.17) is 0 Å². The van der Waals surface area contributed by atoms with Crippen molar-refractivity contribution in [2.45, 2.75) is 70.6 Å². The molecular weight excluding hydrogens is 649 g/mol. The van der Waals surface area contributed by atoms with E-state index in [1.54, 1.807) is 43.9 Å². The Labute approximate surface area is 271 Å². The number of amides is 3. The minimum atomic E-state index is -0.428. The van der Waals surface area contributed by atoms with Crippen molar-refractivity contribution < 1.29 is 33.6 Å². The number of nitrogens with one attached hydrogen (secondary N) is 3. The quantitative estimate of drug-likeness (QED) is 0.114. The normalized spacial score (nSPS) is 9.84. The Balaban J connectivity index is 0.000000337. The van der Waals surface area contributed by atoms with E-state index in [2.05, 4.69) is 30.9 Å². The van der Waals surface area contributed by atoms with E-state index in [0.29, 0.717) is 38.7 Å². The van der Waals surface area contributed by atoms with Gasteiger partial charge in [-0.2, -0.15) is 0 Å². The lowest BCUT2D eigenvalue weighted by Gasteiger charge is -2.02. The van der Waals surface area contributed by atoms with Gasteiger partial charge in [-0.25, -0.2) is 15.0 Å². The first-order valence-electron chi connectivity index (χ1n) is 13.2. The molecule has 0 fully saturated rings. The summed E-state index contributed by atoms with van der Waals surface area (Å²) < 4.78 is 0.706. The van der Waals surface area contributed by atoms with Gasteiger partial charge >= 0.3 is 0 Å². The van der Waals surface area contributed by atoms with Crippen LogP contribution in [0.1, 0.15) is 75.9 Å². The van der Waals surface area contributed by atoms with Gasteiger partial charge in [-0.3, -0.25) is 33.6 Å². The third-order valence-corrected chi connectivity index (χ3v) is 8.49. The molecule has 3 N–H and O–H groups in total. The summed E-state index contributed by atoms with van der Waals surface area (Å²) in [5, 5.41) is 12.2. The van der Waals surface area contributed by atoms with Crippen LogP contribution in [0.25, 0.3) is 0 Å². The number of hydrogen-bond donors (Lipinski definition) is 3. The molecule has 0 saturated carbocycles. The smallest absolute Gasteiger partial charge is 0.233 e. The fraction of sp³-hybridized carbons (Fsp3) is 0.407. The van der Waals surface area contributed by atoms with Crippen molar-refractivity contribution in [3.63, 3.8) is 0 Å². The lowest BCUT2D eigenvalue weighted by molar-refractivity contribution is -0.126. The summed E-state index contributed by atoms with van der Waals surface area (Å²) in [6.45, 7) is 6.59. The number of ketones is 4. The summed E-state index contributed by atoms with van der Waals surface area (Å²) in [4.78, 5) is 90.4. The van der Waals surface area contributed by atoms with Crippen LogP contribution in [0, 0.1) is 0 Å². The summed E-state index contributed by atoms with van der Waals surface area (Å²) in [7, 11) is 0. The highest BCUT2D eigenvalue weighted by molar-refractivity contribution is 8.00. The van der Waals surface area contributed by atoms with Crippen molar-refractivity contribution >= 4 is 103 Å². The molecule has 0 bridgehead atoms. The van der Waals surface area contributed by atoms with E-state index in [-0.39, 0.29) is 60.0 Å². The predicted molar refractivity (Wildman–Crippen MR) is 174 cm³/mol. The lowest BCUT2D eigenvalue weighted by Crippen LogP contribution is -2.17. The molecule has 0 aliphatic rings. The fourth-order valence-electron chi connectivity index (χ4n) is 2.70. The Hall–Kier alpha value is -3.67. The molecule has 3 amide bonds. The summed E-state index contributed by atoms with van der Waals surface area (Å²) in [5.74, 6) is -1.16. The maximum absolute atomic E-state index is 11.6. The van der Waals surface area contributed by atoms with Crippen LogP contribution < -0.4 is 16.0 Å². The molecule has 3 aromatic rings. The fourth-order valence-corrected chi connectivity index (χ4v) is 5.20. The monoisotopic (exact) mass is 682 g/mol. The molecule has 3 heterocycles.